The van der Waals surface area contributed by atoms with Crippen molar-refractivity contribution in [3.63, 3.8) is 0 Å². The summed E-state index contributed by atoms with van der Waals surface area (Å²) in [5, 5.41) is 25.2. The lowest BCUT2D eigenvalue weighted by molar-refractivity contribution is -0.175. The molecule has 2 fully saturated rings. The minimum Gasteiger partial charge on any atom is -0.507 e. The van der Waals surface area contributed by atoms with Crippen LogP contribution in [0, 0.1) is 23.7 Å². The summed E-state index contributed by atoms with van der Waals surface area (Å²) in [5.41, 5.74) is 4.86. The molecule has 0 aliphatic heterocycles. The molecule has 12 nitrogen and oxygen atoms in total. The Labute approximate surface area is 246 Å². The van der Waals surface area contributed by atoms with Gasteiger partial charge >= 0.3 is 5.97 Å². The molecule has 3 aliphatic rings. The fourth-order valence-electron chi connectivity index (χ4n) is 6.82. The zero-order valence-electron chi connectivity index (χ0n) is 23.7. The highest BCUT2D eigenvalue weighted by Gasteiger charge is 2.66. The molecule has 0 saturated heterocycles. The van der Waals surface area contributed by atoms with Gasteiger partial charge < -0.3 is 30.7 Å². The van der Waals surface area contributed by atoms with Gasteiger partial charge in [0.1, 0.15) is 11.5 Å². The Morgan fingerprint density at radius 2 is 1.81 bits per heavy atom. The van der Waals surface area contributed by atoms with E-state index in [0.717, 1.165) is 5.56 Å². The van der Waals surface area contributed by atoms with E-state index in [9.17, 15) is 39.0 Å². The number of nitrogens with one attached hydrogen (secondary N) is 1. The highest BCUT2D eigenvalue weighted by atomic mass is 16.5. The van der Waals surface area contributed by atoms with Gasteiger partial charge in [0.05, 0.1) is 31.7 Å². The lowest BCUT2D eigenvalue weighted by Crippen LogP contribution is -2.68. The number of carbonyl (C=O) groups is 6. The Bertz CT molecular complexity index is 1570. The summed E-state index contributed by atoms with van der Waals surface area (Å²) in [6.07, 6.45) is -0.289. The summed E-state index contributed by atoms with van der Waals surface area (Å²) in [4.78, 5) is 76.9. The van der Waals surface area contributed by atoms with Crippen LogP contribution in [0.2, 0.25) is 0 Å². The molecule has 0 aromatic heterocycles. The number of esters is 1. The maximum Gasteiger partial charge on any atom is 0.319 e. The summed E-state index contributed by atoms with van der Waals surface area (Å²) < 4.78 is 10.5. The van der Waals surface area contributed by atoms with Crippen molar-refractivity contribution < 1.29 is 48.5 Å². The quantitative estimate of drug-likeness (QED) is 0.248. The van der Waals surface area contributed by atoms with Gasteiger partial charge in [0, 0.05) is 24.4 Å². The van der Waals surface area contributed by atoms with Crippen molar-refractivity contribution in [3.05, 3.63) is 47.0 Å². The number of phenols is 1. The molecule has 5 atom stereocenters. The van der Waals surface area contributed by atoms with Crippen LogP contribution in [-0.2, 0) is 41.7 Å². The first kappa shape index (κ1) is 30.1. The van der Waals surface area contributed by atoms with Gasteiger partial charge in [-0.3, -0.25) is 28.8 Å². The minimum absolute atomic E-state index is 0.00805. The SMILES string of the molecule is CCOC(=O)CNCc1ccc(OC)c(-c2ccc(O)c3c2C[C@H]2C[C@H]4CC(=O)C(C(N)=O)C(=O)[C@@]4(O)C(=O)C2C3=O)c1. The molecular weight excluding hydrogens is 560 g/mol. The minimum atomic E-state index is -2.71. The number of aromatic hydroxyl groups is 1. The maximum atomic E-state index is 13.9. The van der Waals surface area contributed by atoms with Crippen molar-refractivity contribution in [2.45, 2.75) is 38.3 Å². The first-order chi connectivity index (χ1) is 20.4. The number of amides is 1. The number of phenolic OH excluding ortho intramolecular Hbond substituents is 1. The topological polar surface area (TPSA) is 199 Å². The third-order valence-electron chi connectivity index (χ3n) is 8.74. The van der Waals surface area contributed by atoms with Crippen LogP contribution in [0.3, 0.4) is 0 Å². The molecule has 0 radical (unpaired) electrons. The molecule has 5 rings (SSSR count). The van der Waals surface area contributed by atoms with E-state index in [0.29, 0.717) is 29.0 Å². The summed E-state index contributed by atoms with van der Waals surface area (Å²) >= 11 is 0. The Morgan fingerprint density at radius 1 is 1.07 bits per heavy atom. The molecule has 12 heteroatoms. The van der Waals surface area contributed by atoms with E-state index in [4.69, 9.17) is 15.2 Å². The second kappa shape index (κ2) is 11.3. The smallest absolute Gasteiger partial charge is 0.319 e. The van der Waals surface area contributed by atoms with Crippen LogP contribution < -0.4 is 15.8 Å². The van der Waals surface area contributed by atoms with E-state index < -0.39 is 70.7 Å². The average Bonchev–Trinajstić information content (AvgIpc) is 2.95. The molecule has 2 unspecified atom stereocenters. The summed E-state index contributed by atoms with van der Waals surface area (Å²) in [7, 11) is 1.49. The molecule has 0 bridgehead atoms. The molecule has 2 saturated carbocycles. The molecule has 3 aliphatic carbocycles. The van der Waals surface area contributed by atoms with Crippen molar-refractivity contribution in [2.24, 2.45) is 29.4 Å². The molecule has 1 amide bonds. The van der Waals surface area contributed by atoms with E-state index in [1.54, 1.807) is 19.1 Å². The third kappa shape index (κ3) is 4.90. The predicted molar refractivity (Wildman–Crippen MR) is 149 cm³/mol. The number of primary amides is 1. The molecule has 2 aromatic rings. The Kier molecular flexibility index (Phi) is 7.93. The number of hydrogen-bond donors (Lipinski definition) is 4. The number of carbonyl (C=O) groups excluding carboxylic acids is 6. The first-order valence-corrected chi connectivity index (χ1v) is 14.0. The van der Waals surface area contributed by atoms with Crippen LogP contribution in [0.1, 0.15) is 41.3 Å². The number of aliphatic hydroxyl groups is 1. The lowest BCUT2D eigenvalue weighted by Gasteiger charge is -2.48. The maximum absolute atomic E-state index is 13.9. The van der Waals surface area contributed by atoms with Crippen LogP contribution >= 0.6 is 0 Å². The van der Waals surface area contributed by atoms with Crippen molar-refractivity contribution in [1.82, 2.24) is 5.32 Å². The number of fused-ring (bicyclic) bond motifs is 3. The van der Waals surface area contributed by atoms with E-state index in [1.165, 1.54) is 13.2 Å². The van der Waals surface area contributed by atoms with Gasteiger partial charge in [-0.15, -0.1) is 0 Å². The van der Waals surface area contributed by atoms with Gasteiger partial charge in [0.2, 0.25) is 5.91 Å². The lowest BCUT2D eigenvalue weighted by atomic mass is 9.53. The summed E-state index contributed by atoms with van der Waals surface area (Å²) in [6.45, 7) is 2.32. The van der Waals surface area contributed by atoms with Gasteiger partial charge in [-0.1, -0.05) is 12.1 Å². The molecule has 5 N–H and O–H groups in total. The number of ketones is 4. The molecule has 43 heavy (non-hydrogen) atoms. The highest BCUT2D eigenvalue weighted by molar-refractivity contribution is 6.31. The molecular formula is C31H32N2O10. The number of benzene rings is 2. The van der Waals surface area contributed by atoms with Gasteiger partial charge in [-0.05, 0) is 60.6 Å². The van der Waals surface area contributed by atoms with Gasteiger partial charge in [-0.2, -0.15) is 0 Å². The monoisotopic (exact) mass is 592 g/mol. The highest BCUT2D eigenvalue weighted by Crippen LogP contribution is 2.51. The zero-order valence-corrected chi connectivity index (χ0v) is 23.7. The van der Waals surface area contributed by atoms with Gasteiger partial charge in [-0.25, -0.2) is 0 Å². The zero-order chi connectivity index (χ0) is 31.2. The molecule has 2 aromatic carbocycles. The number of ether oxygens (including phenoxy) is 2. The Balaban J connectivity index is 1.53. The number of nitrogens with two attached hydrogens (primary N) is 1. The second-order valence-electron chi connectivity index (χ2n) is 11.2. The van der Waals surface area contributed by atoms with Crippen LogP contribution in [-0.4, -0.2) is 71.1 Å². The third-order valence-corrected chi connectivity index (χ3v) is 8.74. The first-order valence-electron chi connectivity index (χ1n) is 14.0. The van der Waals surface area contributed by atoms with Gasteiger partial charge in [0.15, 0.2) is 34.7 Å². The standard InChI is InChI=1S/C31H32N2O10/c1-3-43-23(36)13-33-12-14-4-7-22(42-2)18(8-14)17-5-6-20(34)25-19(17)10-15-9-16-11-21(35)26(30(32)40)29(39)31(16,41)28(38)24(15)27(25)37/h4-8,15-16,24,26,33-34,41H,3,9-13H2,1-2H3,(H2,32,40)/t15-,16+,24?,26?,31+/m1/s1. The molecule has 0 heterocycles. The fraction of sp³-hybridized carbons (Fsp3) is 0.419. The van der Waals surface area contributed by atoms with Crippen molar-refractivity contribution in [3.8, 4) is 22.6 Å². The predicted octanol–water partition coefficient (Wildman–Crippen LogP) is 0.655. The van der Waals surface area contributed by atoms with Crippen LogP contribution in [0.15, 0.2) is 30.3 Å². The van der Waals surface area contributed by atoms with Crippen molar-refractivity contribution in [2.75, 3.05) is 20.3 Å². The summed E-state index contributed by atoms with van der Waals surface area (Å²) in [5.74, 6) is -10.6. The number of hydrogen-bond acceptors (Lipinski definition) is 11. The Morgan fingerprint density at radius 3 is 2.49 bits per heavy atom. The second-order valence-corrected chi connectivity index (χ2v) is 11.2. The Hall–Kier alpha value is -4.42. The normalized spacial score (nSPS) is 26.3. The molecule has 226 valence electrons. The van der Waals surface area contributed by atoms with Crippen molar-refractivity contribution in [1.29, 1.82) is 0 Å². The molecule has 0 spiro atoms. The van der Waals surface area contributed by atoms with E-state index >= 15 is 0 Å². The summed E-state index contributed by atoms with van der Waals surface area (Å²) in [6, 6.07) is 8.35. The van der Waals surface area contributed by atoms with Crippen LogP contribution in [0.25, 0.3) is 11.1 Å². The van der Waals surface area contributed by atoms with E-state index in [2.05, 4.69) is 5.32 Å². The average molecular weight is 593 g/mol. The van der Waals surface area contributed by atoms with Crippen molar-refractivity contribution >= 4 is 35.0 Å². The number of methoxy groups -OCH3 is 1. The largest absolute Gasteiger partial charge is 0.507 e. The van der Waals surface area contributed by atoms with E-state index in [1.807, 2.05) is 12.1 Å². The van der Waals surface area contributed by atoms with Gasteiger partial charge in [0.25, 0.3) is 0 Å². The number of Topliss-reactive ketones (excluding diaryl/α,β-unsaturated/α-hetero) is 4. The van der Waals surface area contributed by atoms with Crippen LogP contribution in [0.5, 0.6) is 11.5 Å². The number of rotatable bonds is 8. The van der Waals surface area contributed by atoms with E-state index in [-0.39, 0.29) is 37.3 Å². The van der Waals surface area contributed by atoms with Crippen LogP contribution in [0.4, 0.5) is 0 Å². The fourth-order valence-corrected chi connectivity index (χ4v) is 6.82.